The zero-order chi connectivity index (χ0) is 22.2. The number of hydrogen-bond donors (Lipinski definition) is 1. The van der Waals surface area contributed by atoms with E-state index in [0.717, 1.165) is 16.5 Å². The van der Waals surface area contributed by atoms with E-state index in [1.807, 2.05) is 48.5 Å². The van der Waals surface area contributed by atoms with Gasteiger partial charge in [0, 0.05) is 41.1 Å². The number of aryl methyl sites for hydroxylation is 1. The van der Waals surface area contributed by atoms with E-state index in [1.54, 1.807) is 25.1 Å². The van der Waals surface area contributed by atoms with Crippen molar-refractivity contribution >= 4 is 43.9 Å². The summed E-state index contributed by atoms with van der Waals surface area (Å²) in [5.74, 6) is 0.592. The zero-order valence-electron chi connectivity index (χ0n) is 17.3. The predicted octanol–water partition coefficient (Wildman–Crippen LogP) is 5.25. The molecule has 31 heavy (non-hydrogen) atoms. The van der Waals surface area contributed by atoms with E-state index in [1.165, 1.54) is 18.4 Å². The van der Waals surface area contributed by atoms with E-state index >= 15 is 0 Å². The minimum Gasteiger partial charge on any atom is -0.338 e. The molecule has 158 valence electrons. The molecule has 0 saturated heterocycles. The second-order valence-corrected chi connectivity index (χ2v) is 9.90. The van der Waals surface area contributed by atoms with Crippen LogP contribution in [0.4, 0.5) is 11.5 Å². The van der Waals surface area contributed by atoms with Crippen LogP contribution in [0.15, 0.2) is 71.6 Å². The molecular formula is C23H21ClN4O2S. The summed E-state index contributed by atoms with van der Waals surface area (Å²) in [6.07, 6.45) is 0. The molecule has 0 fully saturated rings. The maximum atomic E-state index is 12.8. The van der Waals surface area contributed by atoms with Gasteiger partial charge in [-0.25, -0.2) is 12.7 Å². The highest BCUT2D eigenvalue weighted by molar-refractivity contribution is 7.89. The first-order valence-electron chi connectivity index (χ1n) is 9.59. The molecular weight excluding hydrogens is 432 g/mol. The minimum absolute atomic E-state index is 0.252. The largest absolute Gasteiger partial charge is 0.338 e. The molecule has 0 bridgehead atoms. The smallest absolute Gasteiger partial charge is 0.242 e. The van der Waals surface area contributed by atoms with Gasteiger partial charge >= 0.3 is 0 Å². The summed E-state index contributed by atoms with van der Waals surface area (Å²) in [7, 11) is -0.542. The molecule has 0 saturated carbocycles. The molecule has 0 amide bonds. The van der Waals surface area contributed by atoms with E-state index in [0.29, 0.717) is 27.7 Å². The van der Waals surface area contributed by atoms with Gasteiger partial charge in [-0.2, -0.15) is 0 Å². The highest BCUT2D eigenvalue weighted by Crippen LogP contribution is 2.33. The van der Waals surface area contributed by atoms with Crippen molar-refractivity contribution in [1.29, 1.82) is 0 Å². The molecule has 6 nitrogen and oxygen atoms in total. The summed E-state index contributed by atoms with van der Waals surface area (Å²) < 4.78 is 26.7. The zero-order valence-corrected chi connectivity index (χ0v) is 18.9. The number of nitrogens with one attached hydrogen (secondary N) is 1. The molecule has 0 atom stereocenters. The Hall–Kier alpha value is -3.00. The lowest BCUT2D eigenvalue weighted by Crippen LogP contribution is -2.23. The van der Waals surface area contributed by atoms with Crippen LogP contribution in [0.1, 0.15) is 5.56 Å². The van der Waals surface area contributed by atoms with Gasteiger partial charge in [-0.3, -0.25) is 0 Å². The van der Waals surface area contributed by atoms with Crippen molar-refractivity contribution in [3.05, 3.63) is 77.3 Å². The van der Waals surface area contributed by atoms with Crippen LogP contribution in [-0.2, 0) is 10.0 Å². The van der Waals surface area contributed by atoms with Gasteiger partial charge in [0.15, 0.2) is 5.82 Å². The Morgan fingerprint density at radius 1 is 0.903 bits per heavy atom. The third-order valence-electron chi connectivity index (χ3n) is 4.99. The van der Waals surface area contributed by atoms with Crippen molar-refractivity contribution in [2.75, 3.05) is 19.4 Å². The third kappa shape index (κ3) is 4.12. The highest BCUT2D eigenvalue weighted by Gasteiger charge is 2.21. The van der Waals surface area contributed by atoms with Gasteiger partial charge < -0.3 is 5.32 Å². The second kappa shape index (κ2) is 8.26. The second-order valence-electron chi connectivity index (χ2n) is 7.35. The van der Waals surface area contributed by atoms with Crippen LogP contribution in [0.2, 0.25) is 5.02 Å². The normalized spacial score (nSPS) is 11.8. The summed E-state index contributed by atoms with van der Waals surface area (Å²) in [5.41, 5.74) is 2.77. The molecule has 0 spiro atoms. The van der Waals surface area contributed by atoms with Crippen LogP contribution >= 0.6 is 11.6 Å². The highest BCUT2D eigenvalue weighted by atomic mass is 35.5. The van der Waals surface area contributed by atoms with E-state index in [2.05, 4.69) is 15.5 Å². The van der Waals surface area contributed by atoms with Crippen LogP contribution in [0.25, 0.3) is 22.0 Å². The Morgan fingerprint density at radius 2 is 1.65 bits per heavy atom. The SMILES string of the molecule is Cc1ccc(-c2nnc(Nc3cccc(Cl)c3)c3ccccc23)cc1S(=O)(=O)N(C)C. The van der Waals surface area contributed by atoms with Crippen molar-refractivity contribution in [3.8, 4) is 11.3 Å². The lowest BCUT2D eigenvalue weighted by molar-refractivity contribution is 0.520. The molecule has 4 aromatic rings. The van der Waals surface area contributed by atoms with Crippen LogP contribution in [0.5, 0.6) is 0 Å². The summed E-state index contributed by atoms with van der Waals surface area (Å²) in [5, 5.41) is 14.4. The van der Waals surface area contributed by atoms with E-state index in [-0.39, 0.29) is 4.90 Å². The van der Waals surface area contributed by atoms with Gasteiger partial charge in [0.2, 0.25) is 10.0 Å². The Kier molecular flexibility index (Phi) is 5.66. The first-order valence-corrected chi connectivity index (χ1v) is 11.4. The minimum atomic E-state index is -3.58. The van der Waals surface area contributed by atoms with Gasteiger partial charge in [-0.15, -0.1) is 10.2 Å². The first-order chi connectivity index (χ1) is 14.8. The molecule has 3 aromatic carbocycles. The van der Waals surface area contributed by atoms with E-state index in [4.69, 9.17) is 11.6 Å². The fourth-order valence-corrected chi connectivity index (χ4v) is 4.67. The van der Waals surface area contributed by atoms with Crippen molar-refractivity contribution in [2.45, 2.75) is 11.8 Å². The first kappa shape index (κ1) is 21.2. The Bertz CT molecular complexity index is 1390. The number of aromatic nitrogens is 2. The van der Waals surface area contributed by atoms with Crippen LogP contribution in [0.3, 0.4) is 0 Å². The van der Waals surface area contributed by atoms with Gasteiger partial charge in [0.1, 0.15) is 5.69 Å². The Labute approximate surface area is 186 Å². The number of halogens is 1. The van der Waals surface area contributed by atoms with Crippen LogP contribution in [-0.4, -0.2) is 37.0 Å². The van der Waals surface area contributed by atoms with Crippen molar-refractivity contribution < 1.29 is 8.42 Å². The number of anilines is 2. The lowest BCUT2D eigenvalue weighted by Gasteiger charge is -2.15. The molecule has 0 radical (unpaired) electrons. The summed E-state index contributed by atoms with van der Waals surface area (Å²) >= 11 is 6.09. The summed E-state index contributed by atoms with van der Waals surface area (Å²) in [6.45, 7) is 1.78. The third-order valence-corrected chi connectivity index (χ3v) is 7.19. The molecule has 0 aliphatic carbocycles. The summed E-state index contributed by atoms with van der Waals surface area (Å²) in [6, 6.07) is 20.4. The fraction of sp³-hybridized carbons (Fsp3) is 0.130. The molecule has 0 aliphatic rings. The number of rotatable bonds is 5. The molecule has 1 heterocycles. The number of sulfonamides is 1. The topological polar surface area (TPSA) is 75.2 Å². The molecule has 0 unspecified atom stereocenters. The number of hydrogen-bond acceptors (Lipinski definition) is 5. The lowest BCUT2D eigenvalue weighted by atomic mass is 10.0. The maximum Gasteiger partial charge on any atom is 0.242 e. The average Bonchev–Trinajstić information content (AvgIpc) is 2.74. The monoisotopic (exact) mass is 452 g/mol. The van der Waals surface area contributed by atoms with Gasteiger partial charge in [-0.05, 0) is 36.8 Å². The molecule has 0 aliphatic heterocycles. The standard InChI is InChI=1S/C23H21ClN4O2S/c1-15-11-12-16(13-21(15)31(29,30)28(2)3)22-19-9-4-5-10-20(19)23(27-26-22)25-18-8-6-7-17(24)14-18/h4-14H,1-3H3,(H,25,27). The number of nitrogens with zero attached hydrogens (tertiary/aromatic N) is 3. The number of benzene rings is 3. The van der Waals surface area contributed by atoms with Gasteiger partial charge in [-0.1, -0.05) is 54.1 Å². The van der Waals surface area contributed by atoms with E-state index < -0.39 is 10.0 Å². The van der Waals surface area contributed by atoms with E-state index in [9.17, 15) is 8.42 Å². The van der Waals surface area contributed by atoms with Crippen LogP contribution < -0.4 is 5.32 Å². The predicted molar refractivity (Wildman–Crippen MR) is 125 cm³/mol. The van der Waals surface area contributed by atoms with Crippen molar-refractivity contribution in [2.24, 2.45) is 0 Å². The van der Waals surface area contributed by atoms with Gasteiger partial charge in [0.05, 0.1) is 4.90 Å². The van der Waals surface area contributed by atoms with Crippen LogP contribution in [0, 0.1) is 6.92 Å². The number of fused-ring (bicyclic) bond motifs is 1. The van der Waals surface area contributed by atoms with Crippen molar-refractivity contribution in [3.63, 3.8) is 0 Å². The quantitative estimate of drug-likeness (QED) is 0.447. The summed E-state index contributed by atoms with van der Waals surface area (Å²) in [4.78, 5) is 0.252. The Morgan fingerprint density at radius 3 is 2.35 bits per heavy atom. The fourth-order valence-electron chi connectivity index (χ4n) is 3.33. The average molecular weight is 453 g/mol. The van der Waals surface area contributed by atoms with Gasteiger partial charge in [0.25, 0.3) is 0 Å². The molecule has 1 aromatic heterocycles. The Balaban J connectivity index is 1.85. The molecule has 1 N–H and O–H groups in total. The maximum absolute atomic E-state index is 12.8. The molecule has 8 heteroatoms. The van der Waals surface area contributed by atoms with Crippen molar-refractivity contribution in [1.82, 2.24) is 14.5 Å². The molecule has 4 rings (SSSR count).